The van der Waals surface area contributed by atoms with Crippen LogP contribution in [0.5, 0.6) is 17.2 Å². The number of nitrogens with zero attached hydrogens (tertiary/aromatic N) is 1. The lowest BCUT2D eigenvalue weighted by molar-refractivity contribution is -0.149. The third kappa shape index (κ3) is 4.21. The zero-order valence-corrected chi connectivity index (χ0v) is 17.8. The summed E-state index contributed by atoms with van der Waals surface area (Å²) in [5, 5.41) is 0. The zero-order valence-electron chi connectivity index (χ0n) is 17.8. The number of anilines is 1. The number of hydrogen-bond donors (Lipinski definition) is 0. The molecule has 0 aliphatic carbocycles. The van der Waals surface area contributed by atoms with E-state index in [2.05, 4.69) is 0 Å². The fourth-order valence-electron chi connectivity index (χ4n) is 3.92. The standard InChI is InChI=1S/C24H25NO6/c1-15-12-18-6-4-5-7-19(18)25(15)24(27)16(2)31-22(26)9-8-17-13-20(28-3)23-21(14-17)29-10-11-30-23/h4-9,13-16H,10-12H2,1-3H3/b9-8+/t15-,16+/m0/s1. The number of ether oxygens (including phenoxy) is 4. The Labute approximate surface area is 181 Å². The molecule has 31 heavy (non-hydrogen) atoms. The van der Waals surface area contributed by atoms with Gasteiger partial charge in [-0.3, -0.25) is 4.79 Å². The van der Waals surface area contributed by atoms with E-state index >= 15 is 0 Å². The molecule has 0 fully saturated rings. The van der Waals surface area contributed by atoms with Crippen LogP contribution in [0.3, 0.4) is 0 Å². The van der Waals surface area contributed by atoms with Crippen LogP contribution in [0.1, 0.15) is 25.0 Å². The molecule has 0 aromatic heterocycles. The number of esters is 1. The monoisotopic (exact) mass is 423 g/mol. The summed E-state index contributed by atoms with van der Waals surface area (Å²) in [6.45, 7) is 4.48. The van der Waals surface area contributed by atoms with Gasteiger partial charge in [0.2, 0.25) is 5.75 Å². The van der Waals surface area contributed by atoms with Gasteiger partial charge in [0.05, 0.1) is 7.11 Å². The molecule has 7 nitrogen and oxygen atoms in total. The predicted molar refractivity (Wildman–Crippen MR) is 116 cm³/mol. The molecule has 0 N–H and O–H groups in total. The summed E-state index contributed by atoms with van der Waals surface area (Å²) in [5.74, 6) is 0.794. The highest BCUT2D eigenvalue weighted by Gasteiger charge is 2.34. The van der Waals surface area contributed by atoms with Crippen molar-refractivity contribution in [1.82, 2.24) is 0 Å². The highest BCUT2D eigenvalue weighted by molar-refractivity contribution is 6.00. The van der Waals surface area contributed by atoms with Crippen molar-refractivity contribution in [3.63, 3.8) is 0 Å². The average molecular weight is 423 g/mol. The summed E-state index contributed by atoms with van der Waals surface area (Å²) in [7, 11) is 1.54. The molecule has 0 bridgehead atoms. The molecule has 4 rings (SSSR count). The minimum Gasteiger partial charge on any atom is -0.493 e. The molecule has 2 aromatic carbocycles. The first kappa shape index (κ1) is 20.8. The summed E-state index contributed by atoms with van der Waals surface area (Å²) in [6.07, 6.45) is 2.76. The van der Waals surface area contributed by atoms with Crippen LogP contribution in [0.2, 0.25) is 0 Å². The molecule has 0 spiro atoms. The summed E-state index contributed by atoms with van der Waals surface area (Å²) >= 11 is 0. The minimum absolute atomic E-state index is 0.0202. The molecule has 2 aromatic rings. The van der Waals surface area contributed by atoms with Crippen molar-refractivity contribution in [2.24, 2.45) is 0 Å². The molecule has 0 saturated heterocycles. The summed E-state index contributed by atoms with van der Waals surface area (Å²) < 4.78 is 21.9. The van der Waals surface area contributed by atoms with E-state index in [4.69, 9.17) is 18.9 Å². The van der Waals surface area contributed by atoms with Crippen molar-refractivity contribution in [3.05, 3.63) is 53.6 Å². The van der Waals surface area contributed by atoms with Gasteiger partial charge in [-0.05, 0) is 55.7 Å². The predicted octanol–water partition coefficient (Wildman–Crippen LogP) is 3.39. The quantitative estimate of drug-likeness (QED) is 0.542. The van der Waals surface area contributed by atoms with Crippen molar-refractivity contribution in [2.75, 3.05) is 25.2 Å². The Kier molecular flexibility index (Phi) is 5.84. The summed E-state index contributed by atoms with van der Waals surface area (Å²) in [6, 6.07) is 11.3. The Balaban J connectivity index is 1.43. The Morgan fingerprint density at radius 2 is 1.97 bits per heavy atom. The fraction of sp³-hybridized carbons (Fsp3) is 0.333. The van der Waals surface area contributed by atoms with Crippen molar-refractivity contribution in [3.8, 4) is 17.2 Å². The molecule has 2 aliphatic heterocycles. The van der Waals surface area contributed by atoms with Gasteiger partial charge in [-0.15, -0.1) is 0 Å². The maximum Gasteiger partial charge on any atom is 0.331 e. The first-order chi connectivity index (χ1) is 15.0. The molecule has 1 amide bonds. The zero-order chi connectivity index (χ0) is 22.0. The van der Waals surface area contributed by atoms with E-state index in [1.54, 1.807) is 37.1 Å². The normalized spacial score (nSPS) is 17.9. The van der Waals surface area contributed by atoms with Gasteiger partial charge in [-0.25, -0.2) is 4.79 Å². The van der Waals surface area contributed by atoms with Gasteiger partial charge >= 0.3 is 5.97 Å². The van der Waals surface area contributed by atoms with E-state index in [0.717, 1.165) is 17.7 Å². The largest absolute Gasteiger partial charge is 0.493 e. The van der Waals surface area contributed by atoms with Crippen molar-refractivity contribution >= 4 is 23.6 Å². The number of hydrogen-bond acceptors (Lipinski definition) is 6. The van der Waals surface area contributed by atoms with Gasteiger partial charge in [0.25, 0.3) is 5.91 Å². The molecule has 0 unspecified atom stereocenters. The Morgan fingerprint density at radius 3 is 2.77 bits per heavy atom. The number of benzene rings is 2. The number of fused-ring (bicyclic) bond motifs is 2. The number of amides is 1. The third-order valence-corrected chi connectivity index (χ3v) is 5.35. The summed E-state index contributed by atoms with van der Waals surface area (Å²) in [4.78, 5) is 27.0. The van der Waals surface area contributed by atoms with Gasteiger partial charge in [-0.1, -0.05) is 18.2 Å². The number of carbonyl (C=O) groups excluding carboxylic acids is 2. The SMILES string of the molecule is COc1cc(/C=C/C(=O)O[C@H](C)C(=O)N2c3ccccc3C[C@@H]2C)cc2c1OCCO2. The molecule has 0 radical (unpaired) electrons. The molecule has 7 heteroatoms. The highest BCUT2D eigenvalue weighted by Crippen LogP contribution is 2.40. The van der Waals surface area contributed by atoms with Crippen LogP contribution in [0, 0.1) is 0 Å². The highest BCUT2D eigenvalue weighted by atomic mass is 16.6. The Hall–Kier alpha value is -3.48. The first-order valence-corrected chi connectivity index (χ1v) is 10.2. The third-order valence-electron chi connectivity index (χ3n) is 5.35. The van der Waals surface area contributed by atoms with Crippen molar-refractivity contribution in [1.29, 1.82) is 0 Å². The van der Waals surface area contributed by atoms with Crippen LogP contribution in [-0.2, 0) is 20.7 Å². The van der Waals surface area contributed by atoms with Gasteiger partial charge < -0.3 is 23.8 Å². The Morgan fingerprint density at radius 1 is 1.19 bits per heavy atom. The van der Waals surface area contributed by atoms with Crippen LogP contribution >= 0.6 is 0 Å². The average Bonchev–Trinajstić information content (AvgIpc) is 3.12. The lowest BCUT2D eigenvalue weighted by Gasteiger charge is -2.25. The molecular formula is C24H25NO6. The first-order valence-electron chi connectivity index (χ1n) is 10.2. The maximum atomic E-state index is 12.9. The van der Waals surface area contributed by atoms with Crippen LogP contribution < -0.4 is 19.1 Å². The number of carbonyl (C=O) groups is 2. The van der Waals surface area contributed by atoms with Crippen molar-refractivity contribution in [2.45, 2.75) is 32.4 Å². The van der Waals surface area contributed by atoms with Gasteiger partial charge in [-0.2, -0.15) is 0 Å². The molecular weight excluding hydrogens is 398 g/mol. The number of rotatable bonds is 5. The van der Waals surface area contributed by atoms with Gasteiger partial charge in [0, 0.05) is 17.8 Å². The molecule has 162 valence electrons. The van der Waals surface area contributed by atoms with E-state index in [1.165, 1.54) is 6.08 Å². The van der Waals surface area contributed by atoms with Crippen LogP contribution in [0.25, 0.3) is 6.08 Å². The van der Waals surface area contributed by atoms with E-state index in [-0.39, 0.29) is 11.9 Å². The second-order valence-corrected chi connectivity index (χ2v) is 7.55. The lowest BCUT2D eigenvalue weighted by atomic mass is 10.1. The van der Waals surface area contributed by atoms with Gasteiger partial charge in [0.15, 0.2) is 17.6 Å². The van der Waals surface area contributed by atoms with Crippen LogP contribution in [0.15, 0.2) is 42.5 Å². The van der Waals surface area contributed by atoms with E-state index in [0.29, 0.717) is 36.0 Å². The molecule has 2 heterocycles. The van der Waals surface area contributed by atoms with E-state index in [9.17, 15) is 9.59 Å². The second kappa shape index (κ2) is 8.71. The van der Waals surface area contributed by atoms with E-state index in [1.807, 2.05) is 31.2 Å². The molecule has 0 saturated carbocycles. The number of methoxy groups -OCH3 is 1. The lowest BCUT2D eigenvalue weighted by Crippen LogP contribution is -2.43. The second-order valence-electron chi connectivity index (χ2n) is 7.55. The Bertz CT molecular complexity index is 1010. The van der Waals surface area contributed by atoms with Crippen LogP contribution in [0.4, 0.5) is 5.69 Å². The fourth-order valence-corrected chi connectivity index (χ4v) is 3.92. The van der Waals surface area contributed by atoms with E-state index < -0.39 is 12.1 Å². The van der Waals surface area contributed by atoms with Gasteiger partial charge in [0.1, 0.15) is 13.2 Å². The smallest absolute Gasteiger partial charge is 0.331 e. The topological polar surface area (TPSA) is 74.3 Å². The summed E-state index contributed by atoms with van der Waals surface area (Å²) in [5.41, 5.74) is 2.69. The molecule has 2 atom stereocenters. The van der Waals surface area contributed by atoms with Crippen molar-refractivity contribution < 1.29 is 28.5 Å². The minimum atomic E-state index is -0.902. The number of para-hydroxylation sites is 1. The maximum absolute atomic E-state index is 12.9. The molecule has 2 aliphatic rings. The van der Waals surface area contributed by atoms with Crippen LogP contribution in [-0.4, -0.2) is 44.3 Å².